The van der Waals surface area contributed by atoms with E-state index in [4.69, 9.17) is 5.73 Å². The molecule has 0 aromatic heterocycles. The molecule has 1 rings (SSSR count). The van der Waals surface area contributed by atoms with Gasteiger partial charge in [0, 0.05) is 18.5 Å². The number of hydrogen-bond donors (Lipinski definition) is 3. The number of benzene rings is 1. The Balaban J connectivity index is 2.41. The van der Waals surface area contributed by atoms with Gasteiger partial charge in [0.1, 0.15) is 5.75 Å². The van der Waals surface area contributed by atoms with E-state index >= 15 is 0 Å². The van der Waals surface area contributed by atoms with Crippen LogP contribution in [0.1, 0.15) is 32.3 Å². The van der Waals surface area contributed by atoms with Gasteiger partial charge < -0.3 is 16.2 Å². The van der Waals surface area contributed by atoms with Crippen LogP contribution in [0.25, 0.3) is 0 Å². The lowest BCUT2D eigenvalue weighted by Crippen LogP contribution is -2.28. The van der Waals surface area contributed by atoms with Gasteiger partial charge in [0.05, 0.1) is 0 Å². The normalized spacial score (nSPS) is 12.4. The molecule has 1 unspecified atom stereocenters. The number of aromatic hydroxyl groups is 1. The molecule has 0 spiro atoms. The molecule has 4 heteroatoms. The lowest BCUT2D eigenvalue weighted by atomic mass is 9.94. The first kappa shape index (κ1) is 15.5. The zero-order valence-electron chi connectivity index (χ0n) is 11.7. The summed E-state index contributed by atoms with van der Waals surface area (Å²) in [6, 6.07) is 7.00. The van der Waals surface area contributed by atoms with Crippen molar-refractivity contribution in [2.75, 3.05) is 6.54 Å². The van der Waals surface area contributed by atoms with Crippen molar-refractivity contribution in [1.29, 1.82) is 0 Å². The third-order valence-electron chi connectivity index (χ3n) is 3.08. The number of amides is 1. The van der Waals surface area contributed by atoms with Crippen LogP contribution in [-0.4, -0.2) is 17.6 Å². The molecule has 19 heavy (non-hydrogen) atoms. The average Bonchev–Trinajstić information content (AvgIpc) is 2.36. The summed E-state index contributed by atoms with van der Waals surface area (Å²) in [5.74, 6) is 0.962. The summed E-state index contributed by atoms with van der Waals surface area (Å²) in [7, 11) is 0. The number of phenols is 1. The second-order valence-corrected chi connectivity index (χ2v) is 5.34. The largest absolute Gasteiger partial charge is 0.508 e. The molecule has 0 saturated heterocycles. The minimum absolute atomic E-state index is 0.0145. The van der Waals surface area contributed by atoms with Gasteiger partial charge in [-0.05, 0) is 30.9 Å². The van der Waals surface area contributed by atoms with Crippen molar-refractivity contribution in [2.45, 2.75) is 33.2 Å². The Kier molecular flexibility index (Phi) is 6.36. The van der Waals surface area contributed by atoms with Gasteiger partial charge in [-0.1, -0.05) is 32.0 Å². The van der Waals surface area contributed by atoms with Crippen molar-refractivity contribution in [3.8, 4) is 5.75 Å². The smallest absolute Gasteiger partial charge is 0.220 e. The maximum Gasteiger partial charge on any atom is 0.220 e. The molecule has 0 heterocycles. The SMILES string of the molecule is CC(C)CC(CN)CC(=O)NCc1ccccc1O. The molecule has 1 atom stereocenters. The highest BCUT2D eigenvalue weighted by atomic mass is 16.3. The maximum absolute atomic E-state index is 11.8. The number of phenolic OH excluding ortho intramolecular Hbond substituents is 1. The predicted octanol–water partition coefficient (Wildman–Crippen LogP) is 2.02. The number of carbonyl (C=O) groups excluding carboxylic acids is 1. The Bertz CT molecular complexity index is 405. The number of nitrogens with two attached hydrogens (primary N) is 1. The molecule has 4 N–H and O–H groups in total. The summed E-state index contributed by atoms with van der Waals surface area (Å²) >= 11 is 0. The van der Waals surface area contributed by atoms with Gasteiger partial charge in [-0.3, -0.25) is 4.79 Å². The summed E-state index contributed by atoms with van der Waals surface area (Å²) in [6.45, 7) is 5.14. The molecule has 0 aliphatic heterocycles. The summed E-state index contributed by atoms with van der Waals surface area (Å²) in [5.41, 5.74) is 6.41. The van der Waals surface area contributed by atoms with Crippen molar-refractivity contribution in [3.63, 3.8) is 0 Å². The van der Waals surface area contributed by atoms with Crippen molar-refractivity contribution < 1.29 is 9.90 Å². The van der Waals surface area contributed by atoms with Crippen LogP contribution in [0.2, 0.25) is 0 Å². The molecule has 1 aromatic rings. The third-order valence-corrected chi connectivity index (χ3v) is 3.08. The van der Waals surface area contributed by atoms with Crippen LogP contribution < -0.4 is 11.1 Å². The zero-order chi connectivity index (χ0) is 14.3. The fourth-order valence-corrected chi connectivity index (χ4v) is 2.12. The van der Waals surface area contributed by atoms with Crippen LogP contribution in [-0.2, 0) is 11.3 Å². The van der Waals surface area contributed by atoms with Crippen LogP contribution >= 0.6 is 0 Å². The molecule has 1 aromatic carbocycles. The Labute approximate surface area is 115 Å². The highest BCUT2D eigenvalue weighted by Crippen LogP contribution is 2.16. The zero-order valence-corrected chi connectivity index (χ0v) is 11.7. The van der Waals surface area contributed by atoms with Gasteiger partial charge in [0.2, 0.25) is 5.91 Å². The van der Waals surface area contributed by atoms with E-state index in [1.54, 1.807) is 18.2 Å². The number of nitrogens with one attached hydrogen (secondary N) is 1. The standard InChI is InChI=1S/C15H24N2O2/c1-11(2)7-12(9-16)8-15(19)17-10-13-5-3-4-6-14(13)18/h3-6,11-12,18H,7-10,16H2,1-2H3,(H,17,19). The van der Waals surface area contributed by atoms with E-state index in [2.05, 4.69) is 19.2 Å². The predicted molar refractivity (Wildman–Crippen MR) is 76.6 cm³/mol. The number of rotatable bonds is 7. The van der Waals surface area contributed by atoms with Gasteiger partial charge in [-0.15, -0.1) is 0 Å². The Morgan fingerprint density at radius 3 is 2.63 bits per heavy atom. The molecule has 106 valence electrons. The van der Waals surface area contributed by atoms with Crippen molar-refractivity contribution in [1.82, 2.24) is 5.32 Å². The third kappa shape index (κ3) is 5.75. The number of carbonyl (C=O) groups is 1. The summed E-state index contributed by atoms with van der Waals surface area (Å²) in [6.07, 6.45) is 1.41. The van der Waals surface area contributed by atoms with Gasteiger partial charge in [-0.2, -0.15) is 0 Å². The Morgan fingerprint density at radius 2 is 2.05 bits per heavy atom. The van der Waals surface area contributed by atoms with Crippen molar-refractivity contribution in [2.24, 2.45) is 17.6 Å². The quantitative estimate of drug-likeness (QED) is 0.705. The van der Waals surface area contributed by atoms with Crippen molar-refractivity contribution >= 4 is 5.91 Å². The Morgan fingerprint density at radius 1 is 1.37 bits per heavy atom. The second-order valence-electron chi connectivity index (χ2n) is 5.34. The maximum atomic E-state index is 11.8. The molecule has 1 amide bonds. The van der Waals surface area contributed by atoms with E-state index in [0.717, 1.165) is 12.0 Å². The van der Waals surface area contributed by atoms with Crippen LogP contribution in [0.4, 0.5) is 0 Å². The first-order valence-electron chi connectivity index (χ1n) is 6.76. The van der Waals surface area contributed by atoms with E-state index in [1.165, 1.54) is 0 Å². The van der Waals surface area contributed by atoms with E-state index in [-0.39, 0.29) is 17.6 Å². The molecular weight excluding hydrogens is 240 g/mol. The summed E-state index contributed by atoms with van der Waals surface area (Å²) in [4.78, 5) is 11.8. The van der Waals surface area contributed by atoms with E-state index in [9.17, 15) is 9.90 Å². The fraction of sp³-hybridized carbons (Fsp3) is 0.533. The molecule has 0 radical (unpaired) electrons. The molecular formula is C15H24N2O2. The lowest BCUT2D eigenvalue weighted by molar-refractivity contribution is -0.122. The van der Waals surface area contributed by atoms with Crippen LogP contribution in [0, 0.1) is 11.8 Å². The van der Waals surface area contributed by atoms with Crippen LogP contribution in [0.5, 0.6) is 5.75 Å². The van der Waals surface area contributed by atoms with E-state index in [1.807, 2.05) is 6.07 Å². The Hall–Kier alpha value is -1.55. The van der Waals surface area contributed by atoms with Crippen molar-refractivity contribution in [3.05, 3.63) is 29.8 Å². The fourth-order valence-electron chi connectivity index (χ4n) is 2.12. The molecule has 0 aliphatic carbocycles. The van der Waals surface area contributed by atoms with Gasteiger partial charge in [0.15, 0.2) is 0 Å². The minimum atomic E-state index is -0.0145. The topological polar surface area (TPSA) is 75.4 Å². The minimum Gasteiger partial charge on any atom is -0.508 e. The van der Waals surface area contributed by atoms with E-state index < -0.39 is 0 Å². The van der Waals surface area contributed by atoms with Crippen LogP contribution in [0.3, 0.4) is 0 Å². The van der Waals surface area contributed by atoms with Gasteiger partial charge in [-0.25, -0.2) is 0 Å². The molecule has 0 bridgehead atoms. The average molecular weight is 264 g/mol. The summed E-state index contributed by atoms with van der Waals surface area (Å²) in [5, 5.41) is 12.4. The molecule has 4 nitrogen and oxygen atoms in total. The second kappa shape index (κ2) is 7.79. The first-order chi connectivity index (χ1) is 9.02. The van der Waals surface area contributed by atoms with Gasteiger partial charge >= 0.3 is 0 Å². The lowest BCUT2D eigenvalue weighted by Gasteiger charge is -2.16. The molecule has 0 fully saturated rings. The number of hydrogen-bond acceptors (Lipinski definition) is 3. The van der Waals surface area contributed by atoms with Crippen LogP contribution in [0.15, 0.2) is 24.3 Å². The van der Waals surface area contributed by atoms with E-state index in [0.29, 0.717) is 25.4 Å². The molecule has 0 saturated carbocycles. The molecule has 0 aliphatic rings. The monoisotopic (exact) mass is 264 g/mol. The number of para-hydroxylation sites is 1. The highest BCUT2D eigenvalue weighted by molar-refractivity contribution is 5.76. The highest BCUT2D eigenvalue weighted by Gasteiger charge is 2.14. The first-order valence-corrected chi connectivity index (χ1v) is 6.76. The van der Waals surface area contributed by atoms with Gasteiger partial charge in [0.25, 0.3) is 0 Å². The summed E-state index contributed by atoms with van der Waals surface area (Å²) < 4.78 is 0.